The van der Waals surface area contributed by atoms with E-state index in [1.807, 2.05) is 30.3 Å². The van der Waals surface area contributed by atoms with Gasteiger partial charge in [-0.25, -0.2) is 4.79 Å². The number of nitrogens with one attached hydrogen (secondary N) is 2. The molecule has 3 amide bonds. The second-order valence-electron chi connectivity index (χ2n) is 2.88. The van der Waals surface area contributed by atoms with Crippen molar-refractivity contribution >= 4 is 18.0 Å². The summed E-state index contributed by atoms with van der Waals surface area (Å²) in [6.45, 7) is 0. The predicted molar refractivity (Wildman–Crippen MR) is 51.1 cm³/mol. The lowest BCUT2D eigenvalue weighted by atomic mass is 10.2. The third kappa shape index (κ3) is 1.64. The molecule has 0 aliphatic carbocycles. The van der Waals surface area contributed by atoms with Crippen LogP contribution < -0.4 is 10.6 Å². The van der Waals surface area contributed by atoms with Crippen molar-refractivity contribution in [1.29, 1.82) is 0 Å². The van der Waals surface area contributed by atoms with Gasteiger partial charge in [-0.2, -0.15) is 0 Å². The normalized spacial score (nSPS) is 18.1. The van der Waals surface area contributed by atoms with Crippen LogP contribution in [0.15, 0.2) is 36.0 Å². The first-order valence-electron chi connectivity index (χ1n) is 4.15. The van der Waals surface area contributed by atoms with Crippen LogP contribution in [-0.4, -0.2) is 11.9 Å². The molecular weight excluding hydrogens is 180 g/mol. The van der Waals surface area contributed by atoms with Gasteiger partial charge in [0.2, 0.25) is 0 Å². The molecule has 0 aromatic heterocycles. The lowest BCUT2D eigenvalue weighted by molar-refractivity contribution is -0.115. The van der Waals surface area contributed by atoms with Crippen molar-refractivity contribution in [3.05, 3.63) is 41.6 Å². The second kappa shape index (κ2) is 3.33. The fraction of sp³-hybridized carbons (Fsp3) is 0. The molecule has 0 unspecified atom stereocenters. The molecule has 0 spiro atoms. The smallest absolute Gasteiger partial charge is 0.303 e. The molecule has 1 heterocycles. The number of benzene rings is 1. The minimum atomic E-state index is -0.475. The Balaban J connectivity index is 2.28. The van der Waals surface area contributed by atoms with Crippen molar-refractivity contribution < 1.29 is 9.59 Å². The molecule has 0 atom stereocenters. The summed E-state index contributed by atoms with van der Waals surface area (Å²) in [6, 6.07) is 8.84. The molecule has 14 heavy (non-hydrogen) atoms. The van der Waals surface area contributed by atoms with Crippen LogP contribution in [-0.2, 0) is 4.79 Å². The van der Waals surface area contributed by atoms with Crippen LogP contribution in [0.25, 0.3) is 6.08 Å². The lowest BCUT2D eigenvalue weighted by Crippen LogP contribution is -2.22. The SMILES string of the molecule is O=C1NC(=O)/C(=C/c2ccccc2)N1. The molecule has 0 radical (unpaired) electrons. The van der Waals surface area contributed by atoms with Gasteiger partial charge in [0.1, 0.15) is 5.70 Å². The quantitative estimate of drug-likeness (QED) is 0.507. The molecule has 1 aliphatic heterocycles. The van der Waals surface area contributed by atoms with E-state index < -0.39 is 6.03 Å². The molecule has 0 saturated carbocycles. The number of amides is 3. The minimum absolute atomic E-state index is 0.279. The molecule has 1 aromatic rings. The van der Waals surface area contributed by atoms with Gasteiger partial charge in [0.15, 0.2) is 0 Å². The number of hydrogen-bond acceptors (Lipinski definition) is 2. The van der Waals surface area contributed by atoms with Crippen LogP contribution >= 0.6 is 0 Å². The van der Waals surface area contributed by atoms with Crippen molar-refractivity contribution in [3.8, 4) is 0 Å². The van der Waals surface area contributed by atoms with Crippen LogP contribution in [0.4, 0.5) is 4.79 Å². The first-order chi connectivity index (χ1) is 6.75. The van der Waals surface area contributed by atoms with E-state index >= 15 is 0 Å². The van der Waals surface area contributed by atoms with Crippen molar-refractivity contribution in [2.24, 2.45) is 0 Å². The Morgan fingerprint density at radius 3 is 2.29 bits per heavy atom. The summed E-state index contributed by atoms with van der Waals surface area (Å²) in [6.07, 6.45) is 1.63. The average Bonchev–Trinajstić information content (AvgIpc) is 2.47. The largest absolute Gasteiger partial charge is 0.326 e. The van der Waals surface area contributed by atoms with Gasteiger partial charge in [0, 0.05) is 0 Å². The van der Waals surface area contributed by atoms with Gasteiger partial charge in [0.25, 0.3) is 5.91 Å². The summed E-state index contributed by atoms with van der Waals surface area (Å²) in [5.74, 6) is -0.390. The third-order valence-electron chi connectivity index (χ3n) is 1.83. The number of urea groups is 1. The highest BCUT2D eigenvalue weighted by Gasteiger charge is 2.22. The highest BCUT2D eigenvalue weighted by molar-refractivity contribution is 6.13. The van der Waals surface area contributed by atoms with Crippen LogP contribution in [0.3, 0.4) is 0 Å². The Morgan fingerprint density at radius 2 is 1.71 bits per heavy atom. The maximum Gasteiger partial charge on any atom is 0.326 e. The highest BCUT2D eigenvalue weighted by Crippen LogP contribution is 2.06. The van der Waals surface area contributed by atoms with Crippen molar-refractivity contribution in [1.82, 2.24) is 10.6 Å². The summed E-state index contributed by atoms with van der Waals surface area (Å²) in [5.41, 5.74) is 1.15. The Hall–Kier alpha value is -2.10. The molecule has 4 nitrogen and oxygen atoms in total. The van der Waals surface area contributed by atoms with Crippen LogP contribution in [0.2, 0.25) is 0 Å². The summed E-state index contributed by atoms with van der Waals surface area (Å²) in [5, 5.41) is 4.54. The van der Waals surface area contributed by atoms with E-state index in [-0.39, 0.29) is 11.6 Å². The monoisotopic (exact) mass is 188 g/mol. The molecule has 4 heteroatoms. The maximum absolute atomic E-state index is 11.1. The second-order valence-corrected chi connectivity index (χ2v) is 2.88. The van der Waals surface area contributed by atoms with E-state index in [9.17, 15) is 9.59 Å². The first-order valence-corrected chi connectivity index (χ1v) is 4.15. The first kappa shape index (κ1) is 8.50. The van der Waals surface area contributed by atoms with E-state index in [2.05, 4.69) is 10.6 Å². The van der Waals surface area contributed by atoms with Crippen molar-refractivity contribution in [3.63, 3.8) is 0 Å². The Bertz CT molecular complexity index is 409. The summed E-state index contributed by atoms with van der Waals surface area (Å²) in [7, 11) is 0. The zero-order valence-electron chi connectivity index (χ0n) is 7.28. The molecule has 1 saturated heterocycles. The summed E-state index contributed by atoms with van der Waals surface area (Å²) < 4.78 is 0. The molecule has 70 valence electrons. The van der Waals surface area contributed by atoms with Gasteiger partial charge in [-0.15, -0.1) is 0 Å². The Morgan fingerprint density at radius 1 is 1.00 bits per heavy atom. The molecule has 1 aromatic carbocycles. The van der Waals surface area contributed by atoms with Crippen LogP contribution in [0.1, 0.15) is 5.56 Å². The highest BCUT2D eigenvalue weighted by atomic mass is 16.2. The number of carbonyl (C=O) groups excluding carboxylic acids is 2. The van der Waals surface area contributed by atoms with Gasteiger partial charge >= 0.3 is 6.03 Å². The van der Waals surface area contributed by atoms with Gasteiger partial charge in [-0.05, 0) is 11.6 Å². The molecule has 2 rings (SSSR count). The fourth-order valence-corrected chi connectivity index (χ4v) is 1.20. The standard InChI is InChI=1S/C10H8N2O2/c13-9-8(11-10(14)12-9)6-7-4-2-1-3-5-7/h1-6H,(H2,11,12,13,14)/b8-6-. The molecular formula is C10H8N2O2. The third-order valence-corrected chi connectivity index (χ3v) is 1.83. The van der Waals surface area contributed by atoms with Gasteiger partial charge in [0.05, 0.1) is 0 Å². The van der Waals surface area contributed by atoms with Crippen LogP contribution in [0, 0.1) is 0 Å². The zero-order chi connectivity index (χ0) is 9.97. The van der Waals surface area contributed by atoms with Crippen molar-refractivity contribution in [2.45, 2.75) is 0 Å². The summed E-state index contributed by atoms with van der Waals surface area (Å²) in [4.78, 5) is 21.9. The molecule has 0 bridgehead atoms. The Kier molecular flexibility index (Phi) is 2.02. The molecule has 1 fully saturated rings. The average molecular weight is 188 g/mol. The number of imide groups is 1. The van der Waals surface area contributed by atoms with E-state index in [0.29, 0.717) is 0 Å². The summed E-state index contributed by atoms with van der Waals surface area (Å²) >= 11 is 0. The predicted octanol–water partition coefficient (Wildman–Crippen LogP) is 0.867. The van der Waals surface area contributed by atoms with Crippen LogP contribution in [0.5, 0.6) is 0 Å². The molecule has 1 aliphatic rings. The number of rotatable bonds is 1. The van der Waals surface area contributed by atoms with Gasteiger partial charge < -0.3 is 5.32 Å². The zero-order valence-corrected chi connectivity index (χ0v) is 7.28. The van der Waals surface area contributed by atoms with E-state index in [4.69, 9.17) is 0 Å². The van der Waals surface area contributed by atoms with E-state index in [0.717, 1.165) is 5.56 Å². The van der Waals surface area contributed by atoms with E-state index in [1.165, 1.54) is 0 Å². The van der Waals surface area contributed by atoms with Gasteiger partial charge in [-0.3, -0.25) is 10.1 Å². The minimum Gasteiger partial charge on any atom is -0.303 e. The lowest BCUT2D eigenvalue weighted by Gasteiger charge is -1.94. The van der Waals surface area contributed by atoms with Gasteiger partial charge in [-0.1, -0.05) is 30.3 Å². The maximum atomic E-state index is 11.1. The van der Waals surface area contributed by atoms with E-state index in [1.54, 1.807) is 6.08 Å². The number of hydrogen-bond donors (Lipinski definition) is 2. The topological polar surface area (TPSA) is 58.2 Å². The number of carbonyl (C=O) groups is 2. The Labute approximate surface area is 80.6 Å². The van der Waals surface area contributed by atoms with Crippen molar-refractivity contribution in [2.75, 3.05) is 0 Å². The fourth-order valence-electron chi connectivity index (χ4n) is 1.20. The molecule has 2 N–H and O–H groups in total.